The van der Waals surface area contributed by atoms with Gasteiger partial charge in [0.25, 0.3) is 0 Å². The summed E-state index contributed by atoms with van der Waals surface area (Å²) in [7, 11) is 0. The summed E-state index contributed by atoms with van der Waals surface area (Å²) in [5, 5.41) is 0. The van der Waals surface area contributed by atoms with Crippen LogP contribution in [0.15, 0.2) is 36.5 Å². The van der Waals surface area contributed by atoms with Crippen LogP contribution in [0, 0.1) is 5.41 Å². The molecule has 0 bridgehead atoms. The molecule has 1 spiro atoms. The summed E-state index contributed by atoms with van der Waals surface area (Å²) in [5.41, 5.74) is -0.191. The van der Waals surface area contributed by atoms with Crippen LogP contribution in [-0.4, -0.2) is 5.78 Å². The van der Waals surface area contributed by atoms with Crippen molar-refractivity contribution >= 4 is 5.78 Å². The molecule has 0 amide bonds. The number of rotatable bonds is 0. The van der Waals surface area contributed by atoms with Crippen molar-refractivity contribution in [3.63, 3.8) is 0 Å². The Morgan fingerprint density at radius 2 is 1.60 bits per heavy atom. The number of carbonyl (C=O) groups is 1. The van der Waals surface area contributed by atoms with Gasteiger partial charge in [-0.2, -0.15) is 0 Å². The summed E-state index contributed by atoms with van der Waals surface area (Å²) in [6.07, 6.45) is 12.4. The summed E-state index contributed by atoms with van der Waals surface area (Å²) in [6, 6.07) is 0. The van der Waals surface area contributed by atoms with Crippen molar-refractivity contribution in [2.24, 2.45) is 5.41 Å². The van der Waals surface area contributed by atoms with Crippen LogP contribution in [-0.2, 0) is 4.79 Å². The molecule has 1 saturated carbocycles. The molecule has 0 aromatic rings. The van der Waals surface area contributed by atoms with Gasteiger partial charge in [-0.3, -0.25) is 4.79 Å². The van der Waals surface area contributed by atoms with Crippen molar-refractivity contribution in [1.29, 1.82) is 0 Å². The van der Waals surface area contributed by atoms with Gasteiger partial charge in [0, 0.05) is 6.42 Å². The molecular weight excluding hydrogens is 124 g/mol. The van der Waals surface area contributed by atoms with E-state index in [-0.39, 0.29) is 5.41 Å². The normalized spacial score (nSPS) is 25.4. The third-order valence-electron chi connectivity index (χ3n) is 1.97. The van der Waals surface area contributed by atoms with E-state index >= 15 is 0 Å². The fraction of sp³-hybridized carbons (Fsp3) is 0.222. The maximum absolute atomic E-state index is 10.9. The summed E-state index contributed by atoms with van der Waals surface area (Å²) in [5.74, 6) is 0.337. The maximum atomic E-state index is 10.9. The first-order valence-electron chi connectivity index (χ1n) is 3.41. The van der Waals surface area contributed by atoms with Crippen molar-refractivity contribution in [2.75, 3.05) is 0 Å². The lowest BCUT2D eigenvalue weighted by molar-refractivity contribution is -0.111. The molecule has 0 heterocycles. The highest BCUT2D eigenvalue weighted by Crippen LogP contribution is 2.44. The van der Waals surface area contributed by atoms with Crippen LogP contribution in [0.25, 0.3) is 0 Å². The summed E-state index contributed by atoms with van der Waals surface area (Å²) < 4.78 is 0. The molecule has 10 heavy (non-hydrogen) atoms. The minimum atomic E-state index is -0.191. The Hall–Kier alpha value is -1.11. The second kappa shape index (κ2) is 1.69. The highest BCUT2D eigenvalue weighted by Gasteiger charge is 2.49. The highest BCUT2D eigenvalue weighted by atomic mass is 16.1. The number of carbonyl (C=O) groups excluding carboxylic acids is 1. The Balaban J connectivity index is 2.34. The van der Waals surface area contributed by atoms with E-state index in [2.05, 4.69) is 0 Å². The molecule has 0 aliphatic heterocycles. The average Bonchev–Trinajstić information content (AvgIpc) is 2.60. The monoisotopic (exact) mass is 132 g/mol. The molecule has 0 aromatic heterocycles. The van der Waals surface area contributed by atoms with Gasteiger partial charge in [0.05, 0.1) is 5.41 Å². The number of Topliss-reactive ketones (excluding diaryl/α,β-unsaturated/α-hetero) is 1. The fourth-order valence-corrected chi connectivity index (χ4v) is 1.16. The third kappa shape index (κ3) is 0.670. The second-order valence-corrected chi connectivity index (χ2v) is 2.74. The van der Waals surface area contributed by atoms with Gasteiger partial charge in [-0.05, 0) is 0 Å². The molecule has 0 radical (unpaired) electrons. The minimum Gasteiger partial charge on any atom is -0.298 e. The highest BCUT2D eigenvalue weighted by molar-refractivity contribution is 6.05. The molecular formula is C9H8O. The molecule has 1 nitrogen and oxygen atoms in total. The molecule has 2 rings (SSSR count). The van der Waals surface area contributed by atoms with E-state index in [4.69, 9.17) is 0 Å². The first-order valence-corrected chi connectivity index (χ1v) is 3.41. The van der Waals surface area contributed by atoms with Crippen LogP contribution in [0.3, 0.4) is 0 Å². The van der Waals surface area contributed by atoms with Crippen molar-refractivity contribution < 1.29 is 4.79 Å². The lowest BCUT2D eigenvalue weighted by Gasteiger charge is -1.93. The van der Waals surface area contributed by atoms with E-state index in [0.29, 0.717) is 12.2 Å². The predicted molar refractivity (Wildman–Crippen MR) is 39.5 cm³/mol. The van der Waals surface area contributed by atoms with E-state index in [1.54, 1.807) is 0 Å². The predicted octanol–water partition coefficient (Wildman–Crippen LogP) is 1.63. The molecule has 0 N–H and O–H groups in total. The van der Waals surface area contributed by atoms with Gasteiger partial charge < -0.3 is 0 Å². The fourth-order valence-electron chi connectivity index (χ4n) is 1.16. The van der Waals surface area contributed by atoms with E-state index < -0.39 is 0 Å². The van der Waals surface area contributed by atoms with E-state index in [9.17, 15) is 4.79 Å². The largest absolute Gasteiger partial charge is 0.298 e. The van der Waals surface area contributed by atoms with Crippen LogP contribution in [0.2, 0.25) is 0 Å². The zero-order valence-electron chi connectivity index (χ0n) is 5.58. The Labute approximate surface area is 59.7 Å². The van der Waals surface area contributed by atoms with Crippen LogP contribution in [0.5, 0.6) is 0 Å². The zero-order valence-corrected chi connectivity index (χ0v) is 5.58. The molecule has 0 atom stereocenters. The van der Waals surface area contributed by atoms with E-state index in [1.807, 2.05) is 36.5 Å². The quantitative estimate of drug-likeness (QED) is 0.489. The van der Waals surface area contributed by atoms with Gasteiger partial charge in [-0.15, -0.1) is 0 Å². The number of allylic oxidation sites excluding steroid dienone is 6. The van der Waals surface area contributed by atoms with Crippen LogP contribution >= 0.6 is 0 Å². The maximum Gasteiger partial charge on any atom is 0.148 e. The third-order valence-corrected chi connectivity index (χ3v) is 1.97. The van der Waals surface area contributed by atoms with Crippen LogP contribution in [0.1, 0.15) is 6.42 Å². The molecule has 1 heteroatoms. The number of ketones is 1. The summed E-state index contributed by atoms with van der Waals surface area (Å²) in [6.45, 7) is 0. The zero-order chi connectivity index (χ0) is 7.03. The van der Waals surface area contributed by atoms with Crippen molar-refractivity contribution in [3.05, 3.63) is 36.5 Å². The van der Waals surface area contributed by atoms with Gasteiger partial charge in [0.1, 0.15) is 5.78 Å². The van der Waals surface area contributed by atoms with Crippen molar-refractivity contribution in [3.8, 4) is 0 Å². The second-order valence-electron chi connectivity index (χ2n) is 2.74. The molecule has 2 aliphatic carbocycles. The van der Waals surface area contributed by atoms with Crippen LogP contribution < -0.4 is 0 Å². The molecule has 0 aromatic carbocycles. The van der Waals surface area contributed by atoms with Crippen LogP contribution in [0.4, 0.5) is 0 Å². The van der Waals surface area contributed by atoms with Gasteiger partial charge in [-0.1, -0.05) is 36.5 Å². The SMILES string of the molecule is O=C1CC12C=CC=CC=C2. The Kier molecular flexibility index (Phi) is 0.956. The Morgan fingerprint density at radius 1 is 1.10 bits per heavy atom. The Morgan fingerprint density at radius 3 is 2.00 bits per heavy atom. The number of hydrogen-bond acceptors (Lipinski definition) is 1. The topological polar surface area (TPSA) is 17.1 Å². The summed E-state index contributed by atoms with van der Waals surface area (Å²) >= 11 is 0. The first kappa shape index (κ1) is 5.66. The standard InChI is InChI=1S/C9H8O/c10-8-7-9(8)5-3-1-2-4-6-9/h1-6H,7H2. The molecule has 50 valence electrons. The van der Waals surface area contributed by atoms with Gasteiger partial charge in [0.15, 0.2) is 0 Å². The Bertz CT molecular complexity index is 240. The number of hydrogen-bond donors (Lipinski definition) is 0. The van der Waals surface area contributed by atoms with E-state index in [1.165, 1.54) is 0 Å². The molecule has 0 saturated heterocycles. The minimum absolute atomic E-state index is 0.191. The smallest absolute Gasteiger partial charge is 0.148 e. The van der Waals surface area contributed by atoms with Crippen molar-refractivity contribution in [2.45, 2.75) is 6.42 Å². The van der Waals surface area contributed by atoms with E-state index in [0.717, 1.165) is 0 Å². The lowest BCUT2D eigenvalue weighted by Crippen LogP contribution is -1.91. The van der Waals surface area contributed by atoms with Gasteiger partial charge in [0.2, 0.25) is 0 Å². The summed E-state index contributed by atoms with van der Waals surface area (Å²) in [4.78, 5) is 10.9. The first-order chi connectivity index (χ1) is 4.83. The lowest BCUT2D eigenvalue weighted by atomic mass is 10.1. The van der Waals surface area contributed by atoms with Gasteiger partial charge >= 0.3 is 0 Å². The molecule has 2 aliphatic rings. The molecule has 1 fully saturated rings. The van der Waals surface area contributed by atoms with Gasteiger partial charge in [-0.25, -0.2) is 0 Å². The molecule has 0 unspecified atom stereocenters. The van der Waals surface area contributed by atoms with Crippen molar-refractivity contribution in [1.82, 2.24) is 0 Å². The average molecular weight is 132 g/mol.